The third-order valence-corrected chi connectivity index (χ3v) is 2.09. The maximum Gasteiger partial charge on any atom is 0.0220 e. The van der Waals surface area contributed by atoms with Crippen LogP contribution in [0.4, 0.5) is 0 Å². The van der Waals surface area contributed by atoms with Crippen LogP contribution in [0.1, 0.15) is 5.56 Å². The lowest BCUT2D eigenvalue weighted by Crippen LogP contribution is -2.15. The highest BCUT2D eigenvalue weighted by atomic mass is 32.2. The van der Waals surface area contributed by atoms with Crippen molar-refractivity contribution in [2.24, 2.45) is 0 Å². The lowest BCUT2D eigenvalue weighted by molar-refractivity contribution is 0.733. The van der Waals surface area contributed by atoms with E-state index in [1.165, 1.54) is 11.3 Å². The van der Waals surface area contributed by atoms with Crippen molar-refractivity contribution in [2.75, 3.05) is 18.6 Å². The quantitative estimate of drug-likeness (QED) is 0.655. The Morgan fingerprint density at radius 2 is 2.55 bits per heavy atom. The van der Waals surface area contributed by atoms with Crippen molar-refractivity contribution in [1.29, 1.82) is 0 Å². The van der Waals surface area contributed by atoms with Crippen molar-refractivity contribution in [3.8, 4) is 0 Å². The van der Waals surface area contributed by atoms with Gasteiger partial charge in [-0.25, -0.2) is 0 Å². The van der Waals surface area contributed by atoms with Crippen LogP contribution < -0.4 is 5.32 Å². The van der Waals surface area contributed by atoms with Crippen molar-refractivity contribution in [3.63, 3.8) is 0 Å². The third-order valence-electron chi connectivity index (χ3n) is 1.47. The fourth-order valence-corrected chi connectivity index (χ4v) is 1.22. The molecule has 0 saturated heterocycles. The molecular formula is C8H14N2S. The zero-order valence-corrected chi connectivity index (χ0v) is 7.58. The zero-order chi connectivity index (χ0) is 7.94. The van der Waals surface area contributed by atoms with E-state index in [0.29, 0.717) is 0 Å². The van der Waals surface area contributed by atoms with Crippen LogP contribution in [0.25, 0.3) is 0 Å². The van der Waals surface area contributed by atoms with Crippen molar-refractivity contribution in [2.45, 2.75) is 6.54 Å². The van der Waals surface area contributed by atoms with Gasteiger partial charge in [-0.15, -0.1) is 0 Å². The van der Waals surface area contributed by atoms with Crippen LogP contribution in [0.15, 0.2) is 18.5 Å². The van der Waals surface area contributed by atoms with Gasteiger partial charge in [0.15, 0.2) is 0 Å². The molecule has 1 rings (SSSR count). The highest BCUT2D eigenvalue weighted by Gasteiger charge is 1.89. The fourth-order valence-electron chi connectivity index (χ4n) is 0.875. The van der Waals surface area contributed by atoms with Crippen LogP contribution in [0.3, 0.4) is 0 Å². The summed E-state index contributed by atoms with van der Waals surface area (Å²) in [5, 5.41) is 3.35. The average Bonchev–Trinajstić information content (AvgIpc) is 2.50. The number of hydrogen-bond donors (Lipinski definition) is 2. The first-order valence-corrected chi connectivity index (χ1v) is 5.14. The molecule has 0 saturated carbocycles. The van der Waals surface area contributed by atoms with E-state index in [0.717, 1.165) is 13.1 Å². The van der Waals surface area contributed by atoms with Crippen LogP contribution in [0.5, 0.6) is 0 Å². The van der Waals surface area contributed by atoms with E-state index < -0.39 is 0 Å². The molecule has 2 nitrogen and oxygen atoms in total. The number of hydrogen-bond acceptors (Lipinski definition) is 2. The lowest BCUT2D eigenvalue weighted by atomic mass is 10.3. The molecule has 1 aromatic rings. The number of H-pyrrole nitrogens is 1. The SMILES string of the molecule is CSCCNCc1cc[nH]c1. The summed E-state index contributed by atoms with van der Waals surface area (Å²) in [7, 11) is 0. The standard InChI is InChI=1S/C8H14N2S/c1-11-5-4-10-7-8-2-3-9-6-8/h2-3,6,9-10H,4-5,7H2,1H3. The van der Waals surface area contributed by atoms with Gasteiger partial charge in [0.2, 0.25) is 0 Å². The van der Waals surface area contributed by atoms with Crippen LogP contribution in [-0.4, -0.2) is 23.5 Å². The average molecular weight is 170 g/mol. The number of thioether (sulfide) groups is 1. The van der Waals surface area contributed by atoms with E-state index in [1.807, 2.05) is 24.2 Å². The first-order chi connectivity index (χ1) is 5.43. The highest BCUT2D eigenvalue weighted by molar-refractivity contribution is 7.98. The van der Waals surface area contributed by atoms with Gasteiger partial charge >= 0.3 is 0 Å². The van der Waals surface area contributed by atoms with Gasteiger partial charge in [-0.2, -0.15) is 11.8 Å². The molecule has 0 amide bonds. The minimum Gasteiger partial charge on any atom is -0.367 e. The van der Waals surface area contributed by atoms with Crippen molar-refractivity contribution in [1.82, 2.24) is 10.3 Å². The molecule has 62 valence electrons. The second-order valence-electron chi connectivity index (χ2n) is 2.39. The van der Waals surface area contributed by atoms with Gasteiger partial charge in [0.1, 0.15) is 0 Å². The molecule has 0 aliphatic rings. The second kappa shape index (κ2) is 5.27. The Kier molecular flexibility index (Phi) is 4.16. The third kappa shape index (κ3) is 3.49. The summed E-state index contributed by atoms with van der Waals surface area (Å²) in [4.78, 5) is 3.03. The topological polar surface area (TPSA) is 27.8 Å². The summed E-state index contributed by atoms with van der Waals surface area (Å²) in [6.45, 7) is 2.07. The lowest BCUT2D eigenvalue weighted by Gasteiger charge is -1.99. The first kappa shape index (κ1) is 8.68. The molecule has 0 aliphatic carbocycles. The van der Waals surface area contributed by atoms with Gasteiger partial charge in [0.05, 0.1) is 0 Å². The minimum absolute atomic E-state index is 0.976. The Hall–Kier alpha value is -0.410. The summed E-state index contributed by atoms with van der Waals surface area (Å²) >= 11 is 1.87. The van der Waals surface area contributed by atoms with Crippen LogP contribution in [-0.2, 0) is 6.54 Å². The van der Waals surface area contributed by atoms with Crippen molar-refractivity contribution in [3.05, 3.63) is 24.0 Å². The molecule has 1 aromatic heterocycles. The predicted molar refractivity (Wildman–Crippen MR) is 50.9 cm³/mol. The Balaban J connectivity index is 2.04. The zero-order valence-electron chi connectivity index (χ0n) is 6.76. The van der Waals surface area contributed by atoms with Gasteiger partial charge in [-0.1, -0.05) is 0 Å². The maximum absolute atomic E-state index is 3.35. The molecule has 0 fully saturated rings. The summed E-state index contributed by atoms with van der Waals surface area (Å²) in [5.41, 5.74) is 1.33. The Morgan fingerprint density at radius 3 is 3.18 bits per heavy atom. The van der Waals surface area contributed by atoms with Crippen LogP contribution >= 0.6 is 11.8 Å². The van der Waals surface area contributed by atoms with Crippen LogP contribution in [0, 0.1) is 0 Å². The monoisotopic (exact) mass is 170 g/mol. The Morgan fingerprint density at radius 1 is 1.64 bits per heavy atom. The number of rotatable bonds is 5. The molecule has 0 spiro atoms. The van der Waals surface area contributed by atoms with Gasteiger partial charge in [-0.05, 0) is 17.9 Å². The fraction of sp³-hybridized carbons (Fsp3) is 0.500. The van der Waals surface area contributed by atoms with Gasteiger partial charge in [0, 0.05) is 31.2 Å². The molecule has 1 heterocycles. The number of aromatic nitrogens is 1. The summed E-state index contributed by atoms with van der Waals surface area (Å²) in [5.74, 6) is 1.18. The molecule has 0 bridgehead atoms. The van der Waals surface area contributed by atoms with Gasteiger partial charge < -0.3 is 10.3 Å². The predicted octanol–water partition coefficient (Wildman–Crippen LogP) is 1.47. The van der Waals surface area contributed by atoms with E-state index in [4.69, 9.17) is 0 Å². The summed E-state index contributed by atoms with van der Waals surface area (Å²) in [6, 6.07) is 2.09. The van der Waals surface area contributed by atoms with Crippen molar-refractivity contribution < 1.29 is 0 Å². The summed E-state index contributed by atoms with van der Waals surface area (Å²) in [6.07, 6.45) is 6.09. The van der Waals surface area contributed by atoms with Gasteiger partial charge in [-0.3, -0.25) is 0 Å². The highest BCUT2D eigenvalue weighted by Crippen LogP contribution is 1.95. The first-order valence-electron chi connectivity index (χ1n) is 3.75. The Bertz CT molecular complexity index is 172. The van der Waals surface area contributed by atoms with Crippen LogP contribution in [0.2, 0.25) is 0 Å². The normalized spacial score (nSPS) is 10.3. The van der Waals surface area contributed by atoms with E-state index in [2.05, 4.69) is 22.6 Å². The summed E-state index contributed by atoms with van der Waals surface area (Å²) < 4.78 is 0. The molecule has 0 aliphatic heterocycles. The molecule has 0 aromatic carbocycles. The molecular weight excluding hydrogens is 156 g/mol. The molecule has 0 unspecified atom stereocenters. The second-order valence-corrected chi connectivity index (χ2v) is 3.37. The smallest absolute Gasteiger partial charge is 0.0220 e. The largest absolute Gasteiger partial charge is 0.367 e. The molecule has 2 N–H and O–H groups in total. The Labute approximate surface area is 71.8 Å². The number of nitrogens with one attached hydrogen (secondary N) is 2. The minimum atomic E-state index is 0.976. The van der Waals surface area contributed by atoms with E-state index in [1.54, 1.807) is 0 Å². The molecule has 0 radical (unpaired) electrons. The molecule has 3 heteroatoms. The van der Waals surface area contributed by atoms with E-state index in [9.17, 15) is 0 Å². The molecule has 0 atom stereocenters. The number of aromatic amines is 1. The van der Waals surface area contributed by atoms with E-state index >= 15 is 0 Å². The van der Waals surface area contributed by atoms with Crippen molar-refractivity contribution >= 4 is 11.8 Å². The maximum atomic E-state index is 3.35. The molecule has 11 heavy (non-hydrogen) atoms. The van der Waals surface area contributed by atoms with Gasteiger partial charge in [0.25, 0.3) is 0 Å². The van der Waals surface area contributed by atoms with E-state index in [-0.39, 0.29) is 0 Å².